The molecule has 2 aromatic rings. The van der Waals surface area contributed by atoms with Crippen LogP contribution in [0.4, 0.5) is 0 Å². The third-order valence-electron chi connectivity index (χ3n) is 2.41. The third kappa shape index (κ3) is 1.74. The second-order valence-electron chi connectivity index (χ2n) is 3.48. The van der Waals surface area contributed by atoms with Crippen molar-refractivity contribution in [3.8, 4) is 0 Å². The van der Waals surface area contributed by atoms with Crippen LogP contribution in [0.25, 0.3) is 10.8 Å². The summed E-state index contributed by atoms with van der Waals surface area (Å²) in [4.78, 5) is 0. The first-order chi connectivity index (χ1) is 6.92. The molecule has 2 heteroatoms. The molecular weight excluding hydrogens is 172 g/mol. The van der Waals surface area contributed by atoms with Crippen molar-refractivity contribution in [2.45, 2.75) is 26.2 Å². The predicted octanol–water partition coefficient (Wildman–Crippen LogP) is 2.97. The van der Waals surface area contributed by atoms with Crippen LogP contribution in [-0.2, 0) is 6.42 Å². The van der Waals surface area contributed by atoms with Crippen LogP contribution in [0.1, 0.15) is 25.5 Å². The van der Waals surface area contributed by atoms with Gasteiger partial charge >= 0.3 is 0 Å². The van der Waals surface area contributed by atoms with Crippen molar-refractivity contribution in [1.29, 1.82) is 0 Å². The van der Waals surface area contributed by atoms with E-state index in [-0.39, 0.29) is 0 Å². The fourth-order valence-electron chi connectivity index (χ4n) is 1.62. The zero-order valence-corrected chi connectivity index (χ0v) is 8.40. The van der Waals surface area contributed by atoms with Gasteiger partial charge in [-0.25, -0.2) is 0 Å². The van der Waals surface area contributed by atoms with Crippen LogP contribution in [0, 0.1) is 0 Å². The summed E-state index contributed by atoms with van der Waals surface area (Å²) in [5.41, 5.74) is 1.13. The standard InChI is InChI=1S/C12H14N2/c1-2-3-8-12-11-7-5-4-6-10(11)9-13-14-12/h4-7,9H,2-3,8H2,1H3. The van der Waals surface area contributed by atoms with Gasteiger partial charge in [0.1, 0.15) is 0 Å². The van der Waals surface area contributed by atoms with E-state index in [0.29, 0.717) is 0 Å². The van der Waals surface area contributed by atoms with Gasteiger partial charge in [0.25, 0.3) is 0 Å². The van der Waals surface area contributed by atoms with Gasteiger partial charge < -0.3 is 0 Å². The lowest BCUT2D eigenvalue weighted by Crippen LogP contribution is -1.94. The van der Waals surface area contributed by atoms with Gasteiger partial charge in [0, 0.05) is 10.8 Å². The van der Waals surface area contributed by atoms with E-state index in [2.05, 4.69) is 35.3 Å². The van der Waals surface area contributed by atoms with E-state index in [1.54, 1.807) is 0 Å². The molecule has 2 rings (SSSR count). The first kappa shape index (κ1) is 9.13. The monoisotopic (exact) mass is 186 g/mol. The minimum atomic E-state index is 1.03. The lowest BCUT2D eigenvalue weighted by molar-refractivity contribution is 0.767. The average Bonchev–Trinajstić information content (AvgIpc) is 2.26. The molecule has 14 heavy (non-hydrogen) atoms. The zero-order valence-electron chi connectivity index (χ0n) is 8.40. The van der Waals surface area contributed by atoms with Crippen LogP contribution < -0.4 is 0 Å². The van der Waals surface area contributed by atoms with E-state index in [1.165, 1.54) is 23.6 Å². The lowest BCUT2D eigenvalue weighted by Gasteiger charge is -2.02. The molecule has 0 saturated carbocycles. The van der Waals surface area contributed by atoms with Gasteiger partial charge in [0.2, 0.25) is 0 Å². The highest BCUT2D eigenvalue weighted by Crippen LogP contribution is 2.16. The van der Waals surface area contributed by atoms with Crippen molar-refractivity contribution in [2.75, 3.05) is 0 Å². The Labute approximate surface area is 84.0 Å². The lowest BCUT2D eigenvalue weighted by atomic mass is 10.1. The van der Waals surface area contributed by atoms with Crippen LogP contribution >= 0.6 is 0 Å². The minimum Gasteiger partial charge on any atom is -0.158 e. The summed E-state index contributed by atoms with van der Waals surface area (Å²) in [6.07, 6.45) is 5.24. The molecule has 0 aliphatic heterocycles. The Kier molecular flexibility index (Phi) is 2.73. The van der Waals surface area contributed by atoms with Crippen molar-refractivity contribution in [3.63, 3.8) is 0 Å². The summed E-state index contributed by atoms with van der Waals surface area (Å²) in [5, 5.41) is 10.6. The number of hydrogen-bond donors (Lipinski definition) is 0. The van der Waals surface area contributed by atoms with Crippen LogP contribution in [0.2, 0.25) is 0 Å². The van der Waals surface area contributed by atoms with E-state index >= 15 is 0 Å². The molecule has 0 spiro atoms. The van der Waals surface area contributed by atoms with Crippen LogP contribution in [0.15, 0.2) is 30.5 Å². The highest BCUT2D eigenvalue weighted by molar-refractivity contribution is 5.83. The van der Waals surface area contributed by atoms with Gasteiger partial charge in [-0.05, 0) is 12.8 Å². The smallest absolute Gasteiger partial charge is 0.0709 e. The van der Waals surface area contributed by atoms with Crippen molar-refractivity contribution in [2.24, 2.45) is 0 Å². The molecule has 0 atom stereocenters. The first-order valence-corrected chi connectivity index (χ1v) is 5.11. The summed E-state index contributed by atoms with van der Waals surface area (Å²) in [6, 6.07) is 8.29. The number of benzene rings is 1. The summed E-state index contributed by atoms with van der Waals surface area (Å²) < 4.78 is 0. The number of nitrogens with zero attached hydrogens (tertiary/aromatic N) is 2. The largest absolute Gasteiger partial charge is 0.158 e. The Morgan fingerprint density at radius 2 is 2.07 bits per heavy atom. The van der Waals surface area contributed by atoms with E-state index in [1.807, 2.05) is 12.3 Å². The highest BCUT2D eigenvalue weighted by Gasteiger charge is 2.01. The molecule has 1 aromatic carbocycles. The molecule has 0 N–H and O–H groups in total. The zero-order chi connectivity index (χ0) is 9.80. The summed E-state index contributed by atoms with van der Waals surface area (Å²) >= 11 is 0. The van der Waals surface area contributed by atoms with Gasteiger partial charge in [-0.15, -0.1) is 0 Å². The summed E-state index contributed by atoms with van der Waals surface area (Å²) in [6.45, 7) is 2.19. The van der Waals surface area contributed by atoms with Crippen LogP contribution in [0.5, 0.6) is 0 Å². The first-order valence-electron chi connectivity index (χ1n) is 5.11. The van der Waals surface area contributed by atoms with Gasteiger partial charge in [0.05, 0.1) is 11.9 Å². The Hall–Kier alpha value is -1.44. The van der Waals surface area contributed by atoms with Gasteiger partial charge in [-0.2, -0.15) is 10.2 Å². The quantitative estimate of drug-likeness (QED) is 0.736. The van der Waals surface area contributed by atoms with Crippen molar-refractivity contribution >= 4 is 10.8 Å². The number of rotatable bonds is 3. The van der Waals surface area contributed by atoms with Gasteiger partial charge in [-0.1, -0.05) is 37.6 Å². The molecule has 0 unspecified atom stereocenters. The number of aromatic nitrogens is 2. The normalized spacial score (nSPS) is 10.6. The fourth-order valence-corrected chi connectivity index (χ4v) is 1.62. The Bertz CT molecular complexity index is 418. The Morgan fingerprint density at radius 3 is 2.93 bits per heavy atom. The molecule has 0 saturated heterocycles. The molecule has 0 radical (unpaired) electrons. The average molecular weight is 186 g/mol. The number of unbranched alkanes of at least 4 members (excludes halogenated alkanes) is 1. The topological polar surface area (TPSA) is 25.8 Å². The van der Waals surface area contributed by atoms with Crippen molar-refractivity contribution in [3.05, 3.63) is 36.2 Å². The molecule has 0 aliphatic rings. The summed E-state index contributed by atoms with van der Waals surface area (Å²) in [7, 11) is 0. The second kappa shape index (κ2) is 4.18. The molecular formula is C12H14N2. The maximum Gasteiger partial charge on any atom is 0.0709 e. The Balaban J connectivity index is 2.43. The van der Waals surface area contributed by atoms with E-state index in [0.717, 1.165) is 12.1 Å². The molecule has 72 valence electrons. The number of fused-ring (bicyclic) bond motifs is 1. The van der Waals surface area contributed by atoms with Crippen molar-refractivity contribution < 1.29 is 0 Å². The highest BCUT2D eigenvalue weighted by atomic mass is 15.1. The Morgan fingerprint density at radius 1 is 1.21 bits per heavy atom. The summed E-state index contributed by atoms with van der Waals surface area (Å²) in [5.74, 6) is 0. The minimum absolute atomic E-state index is 1.03. The fraction of sp³-hybridized carbons (Fsp3) is 0.333. The maximum absolute atomic E-state index is 4.19. The molecule has 0 amide bonds. The number of hydrogen-bond acceptors (Lipinski definition) is 2. The molecule has 0 aliphatic carbocycles. The molecule has 1 aromatic heterocycles. The predicted molar refractivity (Wildman–Crippen MR) is 58.2 cm³/mol. The molecule has 0 fully saturated rings. The van der Waals surface area contributed by atoms with Crippen LogP contribution in [-0.4, -0.2) is 10.2 Å². The molecule has 0 bridgehead atoms. The van der Waals surface area contributed by atoms with Gasteiger partial charge in [0.15, 0.2) is 0 Å². The van der Waals surface area contributed by atoms with Crippen LogP contribution in [0.3, 0.4) is 0 Å². The van der Waals surface area contributed by atoms with Crippen molar-refractivity contribution in [1.82, 2.24) is 10.2 Å². The molecule has 2 nitrogen and oxygen atoms in total. The number of aryl methyl sites for hydroxylation is 1. The SMILES string of the molecule is CCCCc1nncc2ccccc12. The van der Waals surface area contributed by atoms with E-state index in [4.69, 9.17) is 0 Å². The maximum atomic E-state index is 4.19. The van der Waals surface area contributed by atoms with Gasteiger partial charge in [-0.3, -0.25) is 0 Å². The van der Waals surface area contributed by atoms with E-state index < -0.39 is 0 Å². The third-order valence-corrected chi connectivity index (χ3v) is 2.41. The second-order valence-corrected chi connectivity index (χ2v) is 3.48. The van der Waals surface area contributed by atoms with E-state index in [9.17, 15) is 0 Å². The molecule has 1 heterocycles.